The van der Waals surface area contributed by atoms with Crippen LogP contribution >= 0.6 is 11.6 Å². The molecule has 3 nitrogen and oxygen atoms in total. The Kier molecular flexibility index (Phi) is 7.95. The van der Waals surface area contributed by atoms with Crippen LogP contribution in [0.1, 0.15) is 57.9 Å². The number of carbonyl (C=O) groups is 2. The standard InChI is InChI=1S/C21H30ClNO2/c1-16(2)20(21(25)23-14-6-8-19(23)15-24)9-5-3-4-7-17-10-12-18(22)13-11-17/h10-13,15-16,19-20H,3-9,14H2,1-2H3/t19-,20?/m0/s1. The van der Waals surface area contributed by atoms with Crippen LogP contribution in [-0.4, -0.2) is 29.7 Å². The summed E-state index contributed by atoms with van der Waals surface area (Å²) in [6, 6.07) is 7.83. The van der Waals surface area contributed by atoms with Gasteiger partial charge >= 0.3 is 0 Å². The van der Waals surface area contributed by atoms with Gasteiger partial charge in [-0.1, -0.05) is 50.4 Å². The summed E-state index contributed by atoms with van der Waals surface area (Å²) in [6.45, 7) is 4.96. The van der Waals surface area contributed by atoms with Crippen molar-refractivity contribution in [2.24, 2.45) is 11.8 Å². The van der Waals surface area contributed by atoms with E-state index in [-0.39, 0.29) is 17.9 Å². The van der Waals surface area contributed by atoms with Crippen LogP contribution < -0.4 is 0 Å². The molecule has 1 aliphatic heterocycles. The van der Waals surface area contributed by atoms with Crippen molar-refractivity contribution < 1.29 is 9.59 Å². The Labute approximate surface area is 156 Å². The van der Waals surface area contributed by atoms with Crippen molar-refractivity contribution in [3.8, 4) is 0 Å². The van der Waals surface area contributed by atoms with Crippen LogP contribution in [0.25, 0.3) is 0 Å². The molecule has 138 valence electrons. The number of aryl methyl sites for hydroxylation is 1. The molecule has 1 heterocycles. The normalized spacial score (nSPS) is 18.6. The number of carbonyl (C=O) groups excluding carboxylic acids is 2. The van der Waals surface area contributed by atoms with Crippen LogP contribution in [0.15, 0.2) is 24.3 Å². The van der Waals surface area contributed by atoms with E-state index in [2.05, 4.69) is 26.0 Å². The van der Waals surface area contributed by atoms with Crippen molar-refractivity contribution in [2.45, 2.75) is 64.8 Å². The number of hydrogen-bond donors (Lipinski definition) is 0. The predicted molar refractivity (Wildman–Crippen MR) is 103 cm³/mol. The Bertz CT molecular complexity index is 556. The lowest BCUT2D eigenvalue weighted by atomic mass is 9.88. The van der Waals surface area contributed by atoms with Gasteiger partial charge in [0.15, 0.2) is 0 Å². The van der Waals surface area contributed by atoms with Gasteiger partial charge in [-0.05, 0) is 55.7 Å². The van der Waals surface area contributed by atoms with Crippen molar-refractivity contribution in [1.29, 1.82) is 0 Å². The quantitative estimate of drug-likeness (QED) is 0.462. The van der Waals surface area contributed by atoms with Gasteiger partial charge < -0.3 is 9.69 Å². The van der Waals surface area contributed by atoms with Crippen LogP contribution in [-0.2, 0) is 16.0 Å². The molecule has 1 aromatic rings. The van der Waals surface area contributed by atoms with Crippen molar-refractivity contribution in [2.75, 3.05) is 6.54 Å². The lowest BCUT2D eigenvalue weighted by Crippen LogP contribution is -2.41. The molecule has 1 fully saturated rings. The lowest BCUT2D eigenvalue weighted by molar-refractivity contribution is -0.140. The Morgan fingerprint density at radius 1 is 1.24 bits per heavy atom. The second kappa shape index (κ2) is 9.96. The Balaban J connectivity index is 1.76. The molecule has 1 saturated heterocycles. The molecule has 0 aromatic heterocycles. The minimum Gasteiger partial charge on any atom is -0.333 e. The Morgan fingerprint density at radius 3 is 2.60 bits per heavy atom. The van der Waals surface area contributed by atoms with Crippen LogP contribution in [0.3, 0.4) is 0 Å². The van der Waals surface area contributed by atoms with Crippen molar-refractivity contribution in [3.63, 3.8) is 0 Å². The zero-order valence-electron chi connectivity index (χ0n) is 15.4. The number of unbranched alkanes of at least 4 members (excludes halogenated alkanes) is 2. The molecular weight excluding hydrogens is 334 g/mol. The topological polar surface area (TPSA) is 37.4 Å². The molecule has 1 aromatic carbocycles. The summed E-state index contributed by atoms with van der Waals surface area (Å²) in [5.74, 6) is 0.537. The molecule has 25 heavy (non-hydrogen) atoms. The summed E-state index contributed by atoms with van der Waals surface area (Å²) in [5, 5.41) is 0.776. The zero-order chi connectivity index (χ0) is 18.2. The zero-order valence-corrected chi connectivity index (χ0v) is 16.2. The van der Waals surface area contributed by atoms with Crippen LogP contribution in [0.2, 0.25) is 5.02 Å². The maximum atomic E-state index is 12.8. The maximum absolute atomic E-state index is 12.8. The van der Waals surface area contributed by atoms with Crippen molar-refractivity contribution in [1.82, 2.24) is 4.90 Å². The van der Waals surface area contributed by atoms with Crippen LogP contribution in [0, 0.1) is 11.8 Å². The van der Waals surface area contributed by atoms with E-state index in [1.54, 1.807) is 0 Å². The van der Waals surface area contributed by atoms with E-state index in [1.165, 1.54) is 5.56 Å². The number of aldehydes is 1. The first-order valence-corrected chi connectivity index (χ1v) is 9.91. The molecule has 4 heteroatoms. The first-order chi connectivity index (χ1) is 12.0. The molecule has 2 rings (SSSR count). The van der Waals surface area contributed by atoms with Gasteiger partial charge in [-0.2, -0.15) is 0 Å². The number of benzene rings is 1. The molecule has 1 unspecified atom stereocenters. The van der Waals surface area contributed by atoms with Gasteiger partial charge in [-0.25, -0.2) is 0 Å². The highest BCUT2D eigenvalue weighted by atomic mass is 35.5. The Hall–Kier alpha value is -1.35. The summed E-state index contributed by atoms with van der Waals surface area (Å²) in [4.78, 5) is 25.8. The molecule has 0 saturated carbocycles. The molecule has 0 N–H and O–H groups in total. The number of amides is 1. The molecular formula is C21H30ClNO2. The number of halogens is 1. The third-order valence-electron chi connectivity index (χ3n) is 5.26. The summed E-state index contributed by atoms with van der Waals surface area (Å²) >= 11 is 5.91. The van der Waals surface area contributed by atoms with Crippen molar-refractivity contribution >= 4 is 23.8 Å². The average Bonchev–Trinajstić information content (AvgIpc) is 3.07. The van der Waals surface area contributed by atoms with Gasteiger partial charge in [0.05, 0.1) is 6.04 Å². The van der Waals surface area contributed by atoms with E-state index in [4.69, 9.17) is 11.6 Å². The second-order valence-corrected chi connectivity index (χ2v) is 7.89. The number of hydrogen-bond acceptors (Lipinski definition) is 2. The van der Waals surface area contributed by atoms with Crippen molar-refractivity contribution in [3.05, 3.63) is 34.9 Å². The minimum absolute atomic E-state index is 0.0380. The fourth-order valence-corrected chi connectivity index (χ4v) is 3.81. The largest absolute Gasteiger partial charge is 0.333 e. The van der Waals surface area contributed by atoms with Crippen LogP contribution in [0.4, 0.5) is 0 Å². The number of likely N-dealkylation sites (tertiary alicyclic amines) is 1. The molecule has 0 spiro atoms. The van der Waals surface area contributed by atoms with E-state index in [9.17, 15) is 9.59 Å². The van der Waals surface area contributed by atoms with E-state index in [0.717, 1.165) is 62.8 Å². The predicted octanol–water partition coefficient (Wildman–Crippen LogP) is 4.91. The van der Waals surface area contributed by atoms with E-state index in [1.807, 2.05) is 17.0 Å². The number of rotatable bonds is 9. The SMILES string of the molecule is CC(C)C(CCCCCc1ccc(Cl)cc1)C(=O)N1CCC[C@H]1C=O. The van der Waals surface area contributed by atoms with Gasteiger partial charge in [-0.3, -0.25) is 4.79 Å². The summed E-state index contributed by atoms with van der Waals surface area (Å²) in [7, 11) is 0. The molecule has 0 radical (unpaired) electrons. The van der Waals surface area contributed by atoms with E-state index >= 15 is 0 Å². The van der Waals surface area contributed by atoms with Crippen LogP contribution in [0.5, 0.6) is 0 Å². The highest BCUT2D eigenvalue weighted by Gasteiger charge is 2.33. The fourth-order valence-electron chi connectivity index (χ4n) is 3.68. The highest BCUT2D eigenvalue weighted by molar-refractivity contribution is 6.30. The third kappa shape index (κ3) is 5.85. The third-order valence-corrected chi connectivity index (χ3v) is 5.51. The minimum atomic E-state index is -0.196. The fraction of sp³-hybridized carbons (Fsp3) is 0.619. The monoisotopic (exact) mass is 363 g/mol. The summed E-state index contributed by atoms with van der Waals surface area (Å²) < 4.78 is 0. The first-order valence-electron chi connectivity index (χ1n) is 9.53. The van der Waals surface area contributed by atoms with E-state index in [0.29, 0.717) is 5.92 Å². The van der Waals surface area contributed by atoms with Gasteiger partial charge in [0.1, 0.15) is 6.29 Å². The molecule has 0 aliphatic carbocycles. The summed E-state index contributed by atoms with van der Waals surface area (Å²) in [5.41, 5.74) is 1.31. The van der Waals surface area contributed by atoms with E-state index < -0.39 is 0 Å². The van der Waals surface area contributed by atoms with Gasteiger partial charge in [0.25, 0.3) is 0 Å². The average molecular weight is 364 g/mol. The Morgan fingerprint density at radius 2 is 1.96 bits per heavy atom. The molecule has 2 atom stereocenters. The van der Waals surface area contributed by atoms with Gasteiger partial charge in [0, 0.05) is 17.5 Å². The highest BCUT2D eigenvalue weighted by Crippen LogP contribution is 2.26. The molecule has 1 amide bonds. The van der Waals surface area contributed by atoms with Gasteiger partial charge in [0.2, 0.25) is 5.91 Å². The summed E-state index contributed by atoms with van der Waals surface area (Å²) in [6.07, 6.45) is 7.98. The smallest absolute Gasteiger partial charge is 0.226 e. The molecule has 0 bridgehead atoms. The molecule has 1 aliphatic rings. The lowest BCUT2D eigenvalue weighted by Gasteiger charge is -2.28. The maximum Gasteiger partial charge on any atom is 0.226 e. The second-order valence-electron chi connectivity index (χ2n) is 7.45. The number of nitrogens with zero attached hydrogens (tertiary/aromatic N) is 1. The van der Waals surface area contributed by atoms with Gasteiger partial charge in [-0.15, -0.1) is 0 Å². The first kappa shape index (κ1) is 20.0.